The largest absolute Gasteiger partial charge is 0.348 e. The molecular formula is C10H23N3O. The van der Waals surface area contributed by atoms with Crippen molar-refractivity contribution in [2.24, 2.45) is 0 Å². The number of likely N-dealkylation sites (N-methyl/N-ethyl adjacent to an activating group) is 3. The molecule has 0 heterocycles. The molecule has 0 atom stereocenters. The molecule has 1 amide bonds. The van der Waals surface area contributed by atoms with Crippen LogP contribution in [0, 0.1) is 0 Å². The van der Waals surface area contributed by atoms with Crippen molar-refractivity contribution in [1.29, 1.82) is 0 Å². The Balaban J connectivity index is 3.73. The zero-order chi connectivity index (χ0) is 11.0. The van der Waals surface area contributed by atoms with E-state index < -0.39 is 0 Å². The van der Waals surface area contributed by atoms with Gasteiger partial charge < -0.3 is 10.2 Å². The summed E-state index contributed by atoms with van der Waals surface area (Å²) in [5.41, 5.74) is 0. The second kappa shape index (κ2) is 7.76. The predicted molar refractivity (Wildman–Crippen MR) is 59.4 cm³/mol. The van der Waals surface area contributed by atoms with Crippen LogP contribution in [0.5, 0.6) is 0 Å². The Morgan fingerprint density at radius 1 is 1.29 bits per heavy atom. The first-order chi connectivity index (χ1) is 6.61. The molecule has 0 bridgehead atoms. The van der Waals surface area contributed by atoms with Gasteiger partial charge in [0.1, 0.15) is 0 Å². The van der Waals surface area contributed by atoms with Gasteiger partial charge in [0.15, 0.2) is 0 Å². The van der Waals surface area contributed by atoms with E-state index in [2.05, 4.69) is 24.1 Å². The highest BCUT2D eigenvalue weighted by molar-refractivity contribution is 5.77. The van der Waals surface area contributed by atoms with Crippen molar-refractivity contribution in [2.45, 2.75) is 13.8 Å². The van der Waals surface area contributed by atoms with E-state index in [1.807, 2.05) is 0 Å². The van der Waals surface area contributed by atoms with Gasteiger partial charge in [-0.05, 0) is 13.1 Å². The molecule has 0 aromatic rings. The van der Waals surface area contributed by atoms with Crippen molar-refractivity contribution in [3.05, 3.63) is 0 Å². The molecule has 0 aliphatic carbocycles. The fraction of sp³-hybridized carbons (Fsp3) is 0.900. The van der Waals surface area contributed by atoms with E-state index in [1.54, 1.807) is 19.0 Å². The highest BCUT2D eigenvalue weighted by Gasteiger charge is 2.09. The molecular weight excluding hydrogens is 178 g/mol. The number of amides is 1. The van der Waals surface area contributed by atoms with Crippen LogP contribution >= 0.6 is 0 Å². The van der Waals surface area contributed by atoms with Crippen LogP contribution in [0.15, 0.2) is 0 Å². The third kappa shape index (κ3) is 5.94. The topological polar surface area (TPSA) is 35.6 Å². The lowest BCUT2D eigenvalue weighted by molar-refractivity contribution is -0.129. The van der Waals surface area contributed by atoms with Crippen molar-refractivity contribution < 1.29 is 4.79 Å². The fourth-order valence-electron chi connectivity index (χ4n) is 1.10. The molecule has 84 valence electrons. The summed E-state index contributed by atoms with van der Waals surface area (Å²) in [4.78, 5) is 15.2. The van der Waals surface area contributed by atoms with Crippen molar-refractivity contribution >= 4 is 5.91 Å². The maximum atomic E-state index is 11.4. The molecule has 0 fully saturated rings. The zero-order valence-corrected chi connectivity index (χ0v) is 9.84. The zero-order valence-electron chi connectivity index (χ0n) is 9.84. The maximum Gasteiger partial charge on any atom is 0.236 e. The van der Waals surface area contributed by atoms with E-state index in [-0.39, 0.29) is 5.91 Å². The highest BCUT2D eigenvalue weighted by Crippen LogP contribution is 1.89. The summed E-state index contributed by atoms with van der Waals surface area (Å²) in [7, 11) is 3.58. The van der Waals surface area contributed by atoms with Crippen molar-refractivity contribution in [2.75, 3.05) is 46.8 Å². The number of nitrogens with one attached hydrogen (secondary N) is 1. The molecule has 0 radical (unpaired) electrons. The van der Waals surface area contributed by atoms with E-state index in [4.69, 9.17) is 0 Å². The first-order valence-electron chi connectivity index (χ1n) is 5.25. The molecule has 0 unspecified atom stereocenters. The van der Waals surface area contributed by atoms with Gasteiger partial charge in [-0.3, -0.25) is 9.69 Å². The molecule has 0 aliphatic heterocycles. The number of hydrogen-bond donors (Lipinski definition) is 1. The molecule has 1 N–H and O–H groups in total. The van der Waals surface area contributed by atoms with E-state index in [1.165, 1.54) is 0 Å². The number of carbonyl (C=O) groups excluding carboxylic acids is 1. The summed E-state index contributed by atoms with van der Waals surface area (Å²) in [6.45, 7) is 8.48. The minimum Gasteiger partial charge on any atom is -0.348 e. The lowest BCUT2D eigenvalue weighted by Crippen LogP contribution is -2.39. The van der Waals surface area contributed by atoms with Gasteiger partial charge in [-0.15, -0.1) is 0 Å². The van der Waals surface area contributed by atoms with E-state index in [0.29, 0.717) is 6.54 Å². The number of carbonyl (C=O) groups is 1. The van der Waals surface area contributed by atoms with Crippen molar-refractivity contribution in [3.8, 4) is 0 Å². The monoisotopic (exact) mass is 201 g/mol. The first kappa shape index (κ1) is 13.4. The summed E-state index contributed by atoms with van der Waals surface area (Å²) in [5.74, 6) is 0.170. The smallest absolute Gasteiger partial charge is 0.236 e. The minimum absolute atomic E-state index is 0.170. The second-order valence-electron chi connectivity index (χ2n) is 3.51. The first-order valence-corrected chi connectivity index (χ1v) is 5.25. The summed E-state index contributed by atoms with van der Waals surface area (Å²) in [6, 6.07) is 0. The normalized spacial score (nSPS) is 10.6. The summed E-state index contributed by atoms with van der Waals surface area (Å²) in [5, 5.41) is 3.25. The highest BCUT2D eigenvalue weighted by atomic mass is 16.2. The lowest BCUT2D eigenvalue weighted by Gasteiger charge is -2.21. The average molecular weight is 201 g/mol. The molecule has 0 aromatic carbocycles. The van der Waals surface area contributed by atoms with Crippen LogP contribution in [0.3, 0.4) is 0 Å². The third-order valence-corrected chi connectivity index (χ3v) is 2.16. The van der Waals surface area contributed by atoms with Gasteiger partial charge >= 0.3 is 0 Å². The van der Waals surface area contributed by atoms with Crippen LogP contribution in [0.2, 0.25) is 0 Å². The molecule has 0 aromatic heterocycles. The Morgan fingerprint density at radius 3 is 2.36 bits per heavy atom. The Hall–Kier alpha value is -0.610. The second-order valence-corrected chi connectivity index (χ2v) is 3.51. The van der Waals surface area contributed by atoms with Crippen LogP contribution in [0.4, 0.5) is 0 Å². The number of rotatable bonds is 7. The van der Waals surface area contributed by atoms with Crippen LogP contribution in [-0.2, 0) is 4.79 Å². The molecule has 4 heteroatoms. The van der Waals surface area contributed by atoms with Crippen LogP contribution in [0.1, 0.15) is 13.8 Å². The van der Waals surface area contributed by atoms with Gasteiger partial charge in [-0.1, -0.05) is 13.8 Å². The molecule has 0 spiro atoms. The van der Waals surface area contributed by atoms with Gasteiger partial charge in [0.05, 0.1) is 6.54 Å². The van der Waals surface area contributed by atoms with Gasteiger partial charge in [0.2, 0.25) is 5.91 Å². The average Bonchev–Trinajstić information content (AvgIpc) is 2.16. The van der Waals surface area contributed by atoms with E-state index >= 15 is 0 Å². The maximum absolute atomic E-state index is 11.4. The Bertz CT molecular complexity index is 159. The van der Waals surface area contributed by atoms with Crippen LogP contribution in [0.25, 0.3) is 0 Å². The molecule has 0 rings (SSSR count). The summed E-state index contributed by atoms with van der Waals surface area (Å²) in [6.07, 6.45) is 0. The standard InChI is InChI=1S/C10H23N3O/c1-5-11-7-8-13(6-2)9-10(14)12(3)4/h11H,5-9H2,1-4H3. The van der Waals surface area contributed by atoms with Gasteiger partial charge in [-0.25, -0.2) is 0 Å². The van der Waals surface area contributed by atoms with Crippen LogP contribution in [-0.4, -0.2) is 62.5 Å². The third-order valence-electron chi connectivity index (χ3n) is 2.16. The van der Waals surface area contributed by atoms with Gasteiger partial charge in [-0.2, -0.15) is 0 Å². The summed E-state index contributed by atoms with van der Waals surface area (Å²) >= 11 is 0. The SMILES string of the molecule is CCNCCN(CC)CC(=O)N(C)C. The molecule has 0 saturated heterocycles. The Morgan fingerprint density at radius 2 is 1.93 bits per heavy atom. The molecule has 0 saturated carbocycles. The number of nitrogens with zero attached hydrogens (tertiary/aromatic N) is 2. The molecule has 14 heavy (non-hydrogen) atoms. The van der Waals surface area contributed by atoms with Crippen LogP contribution < -0.4 is 5.32 Å². The van der Waals surface area contributed by atoms with E-state index in [0.717, 1.165) is 26.2 Å². The molecule has 4 nitrogen and oxygen atoms in total. The summed E-state index contributed by atoms with van der Waals surface area (Å²) < 4.78 is 0. The number of hydrogen-bond acceptors (Lipinski definition) is 3. The lowest BCUT2D eigenvalue weighted by atomic mass is 10.4. The van der Waals surface area contributed by atoms with Crippen molar-refractivity contribution in [3.63, 3.8) is 0 Å². The quantitative estimate of drug-likeness (QED) is 0.589. The molecule has 0 aliphatic rings. The predicted octanol–water partition coefficient (Wildman–Crippen LogP) is 0.00600. The van der Waals surface area contributed by atoms with Gasteiger partial charge in [0.25, 0.3) is 0 Å². The minimum atomic E-state index is 0.170. The van der Waals surface area contributed by atoms with E-state index in [9.17, 15) is 4.79 Å². The van der Waals surface area contributed by atoms with Gasteiger partial charge in [0, 0.05) is 27.2 Å². The Kier molecular flexibility index (Phi) is 7.42. The Labute approximate surface area is 87.3 Å². The fourth-order valence-corrected chi connectivity index (χ4v) is 1.10. The van der Waals surface area contributed by atoms with Crippen molar-refractivity contribution in [1.82, 2.24) is 15.1 Å².